The molecule has 0 nitrogen and oxygen atoms in total. The summed E-state index contributed by atoms with van der Waals surface area (Å²) in [7, 11) is 0. The highest BCUT2D eigenvalue weighted by atomic mass is 14.2. The lowest BCUT2D eigenvalue weighted by atomic mass is 9.83. The maximum Gasteiger partial charge on any atom is -0.0159 e. The second-order valence-electron chi connectivity index (χ2n) is 8.05. The highest BCUT2D eigenvalue weighted by Gasteiger charge is 2.16. The van der Waals surface area contributed by atoms with Crippen LogP contribution >= 0.6 is 0 Å². The molecule has 3 unspecified atom stereocenters. The van der Waals surface area contributed by atoms with Gasteiger partial charge >= 0.3 is 0 Å². The third-order valence-electron chi connectivity index (χ3n) is 5.17. The molecule has 0 saturated carbocycles. The van der Waals surface area contributed by atoms with Gasteiger partial charge in [0.05, 0.1) is 0 Å². The van der Waals surface area contributed by atoms with E-state index in [9.17, 15) is 0 Å². The lowest BCUT2D eigenvalue weighted by molar-refractivity contribution is 0.383. The van der Waals surface area contributed by atoms with Gasteiger partial charge in [-0.1, -0.05) is 109 Å². The van der Waals surface area contributed by atoms with Gasteiger partial charge in [-0.25, -0.2) is 0 Å². The van der Waals surface area contributed by atoms with Crippen molar-refractivity contribution in [2.45, 2.75) is 97.3 Å². The fourth-order valence-electron chi connectivity index (χ4n) is 3.94. The largest absolute Gasteiger partial charge is 0.0654 e. The Balaban J connectivity index is 2.34. The number of hydrogen-bond donors (Lipinski definition) is 0. The number of unbranched alkanes of at least 4 members (excludes halogenated alkanes) is 7. The summed E-state index contributed by atoms with van der Waals surface area (Å²) in [6.07, 6.45) is 15.2. The molecule has 0 saturated heterocycles. The average molecular weight is 330 g/mol. The van der Waals surface area contributed by atoms with E-state index in [1.165, 1.54) is 70.6 Å². The summed E-state index contributed by atoms with van der Waals surface area (Å²) in [4.78, 5) is 0. The van der Waals surface area contributed by atoms with Crippen LogP contribution in [0.1, 0.15) is 103 Å². The number of benzene rings is 1. The molecule has 0 amide bonds. The van der Waals surface area contributed by atoms with Crippen LogP contribution in [0, 0.1) is 18.8 Å². The summed E-state index contributed by atoms with van der Waals surface area (Å²) in [5.74, 6) is 2.08. The van der Waals surface area contributed by atoms with Crippen LogP contribution in [0.3, 0.4) is 0 Å². The molecule has 0 aliphatic rings. The van der Waals surface area contributed by atoms with Crippen molar-refractivity contribution in [3.05, 3.63) is 42.8 Å². The molecule has 137 valence electrons. The van der Waals surface area contributed by atoms with Gasteiger partial charge in [-0.3, -0.25) is 0 Å². The molecule has 3 atom stereocenters. The number of rotatable bonds is 14. The van der Waals surface area contributed by atoms with Crippen molar-refractivity contribution in [3.8, 4) is 0 Å². The normalized spacial score (nSPS) is 14.0. The minimum Gasteiger partial charge on any atom is -0.0654 e. The van der Waals surface area contributed by atoms with Gasteiger partial charge in [0.1, 0.15) is 0 Å². The zero-order valence-electron chi connectivity index (χ0n) is 16.6. The third-order valence-corrected chi connectivity index (χ3v) is 5.17. The van der Waals surface area contributed by atoms with Crippen LogP contribution < -0.4 is 0 Å². The van der Waals surface area contributed by atoms with Crippen LogP contribution in [0.15, 0.2) is 30.3 Å². The van der Waals surface area contributed by atoms with Crippen LogP contribution in [0.4, 0.5) is 0 Å². The van der Waals surface area contributed by atoms with E-state index in [4.69, 9.17) is 0 Å². The van der Waals surface area contributed by atoms with Crippen LogP contribution in [-0.2, 0) is 0 Å². The van der Waals surface area contributed by atoms with E-state index < -0.39 is 0 Å². The highest BCUT2D eigenvalue weighted by molar-refractivity contribution is 5.19. The maximum absolute atomic E-state index is 4.18. The van der Waals surface area contributed by atoms with Crippen LogP contribution in [0.5, 0.6) is 0 Å². The molecule has 0 bridgehead atoms. The maximum atomic E-state index is 4.18. The van der Waals surface area contributed by atoms with Gasteiger partial charge in [0.2, 0.25) is 0 Å². The van der Waals surface area contributed by atoms with E-state index in [-0.39, 0.29) is 0 Å². The summed E-state index contributed by atoms with van der Waals surface area (Å²) in [5.41, 5.74) is 1.55. The molecule has 24 heavy (non-hydrogen) atoms. The first-order chi connectivity index (χ1) is 11.6. The molecule has 0 aliphatic heterocycles. The molecule has 0 aromatic heterocycles. The minimum absolute atomic E-state index is 0.569. The van der Waals surface area contributed by atoms with E-state index in [1.807, 2.05) is 0 Å². The molecule has 0 fully saturated rings. The SMILES string of the molecule is [CH2]C(C)CC(C)CC(CCCCCCCCCC)c1ccccc1. The number of hydrogen-bond acceptors (Lipinski definition) is 0. The second-order valence-corrected chi connectivity index (χ2v) is 8.05. The van der Waals surface area contributed by atoms with Crippen molar-refractivity contribution < 1.29 is 0 Å². The van der Waals surface area contributed by atoms with Crippen molar-refractivity contribution >= 4 is 0 Å². The zero-order valence-corrected chi connectivity index (χ0v) is 16.6. The van der Waals surface area contributed by atoms with Crippen molar-refractivity contribution in [1.29, 1.82) is 0 Å². The van der Waals surface area contributed by atoms with E-state index in [0.717, 1.165) is 11.8 Å². The van der Waals surface area contributed by atoms with Crippen molar-refractivity contribution in [2.24, 2.45) is 11.8 Å². The molecule has 0 spiro atoms. The Bertz CT molecular complexity index is 378. The Kier molecular flexibility index (Phi) is 12.0. The Morgan fingerprint density at radius 2 is 1.38 bits per heavy atom. The van der Waals surface area contributed by atoms with Crippen molar-refractivity contribution in [3.63, 3.8) is 0 Å². The molecular formula is C24H41. The topological polar surface area (TPSA) is 0 Å². The van der Waals surface area contributed by atoms with Crippen LogP contribution in [0.25, 0.3) is 0 Å². The van der Waals surface area contributed by atoms with Gasteiger partial charge in [-0.2, -0.15) is 0 Å². The van der Waals surface area contributed by atoms with Crippen LogP contribution in [0.2, 0.25) is 0 Å². The van der Waals surface area contributed by atoms with Gasteiger partial charge in [-0.05, 0) is 42.6 Å². The Morgan fingerprint density at radius 1 is 0.792 bits per heavy atom. The molecule has 0 heteroatoms. The lowest BCUT2D eigenvalue weighted by Gasteiger charge is -2.23. The molecule has 1 aromatic rings. The smallest absolute Gasteiger partial charge is 0.0159 e. The lowest BCUT2D eigenvalue weighted by Crippen LogP contribution is -2.08. The monoisotopic (exact) mass is 329 g/mol. The zero-order chi connectivity index (χ0) is 17.6. The van der Waals surface area contributed by atoms with E-state index >= 15 is 0 Å². The minimum atomic E-state index is 0.569. The van der Waals surface area contributed by atoms with Gasteiger partial charge in [-0.15, -0.1) is 0 Å². The molecular weight excluding hydrogens is 288 g/mol. The molecule has 1 aromatic carbocycles. The van der Waals surface area contributed by atoms with Gasteiger partial charge in [0.15, 0.2) is 0 Å². The van der Waals surface area contributed by atoms with Crippen molar-refractivity contribution in [2.75, 3.05) is 0 Å². The molecule has 0 heterocycles. The fourth-order valence-corrected chi connectivity index (χ4v) is 3.94. The van der Waals surface area contributed by atoms with E-state index in [2.05, 4.69) is 58.0 Å². The summed E-state index contributed by atoms with van der Waals surface area (Å²) in [6, 6.07) is 11.2. The van der Waals surface area contributed by atoms with Gasteiger partial charge in [0.25, 0.3) is 0 Å². The first kappa shape index (κ1) is 21.3. The van der Waals surface area contributed by atoms with Gasteiger partial charge in [0, 0.05) is 0 Å². The fraction of sp³-hybridized carbons (Fsp3) is 0.708. The van der Waals surface area contributed by atoms with E-state index in [0.29, 0.717) is 5.92 Å². The predicted octanol–water partition coefficient (Wildman–Crippen LogP) is 8.19. The third kappa shape index (κ3) is 10.2. The second kappa shape index (κ2) is 13.5. The quantitative estimate of drug-likeness (QED) is 0.302. The van der Waals surface area contributed by atoms with Crippen molar-refractivity contribution in [1.82, 2.24) is 0 Å². The first-order valence-electron chi connectivity index (χ1n) is 10.5. The molecule has 0 aliphatic carbocycles. The predicted molar refractivity (Wildman–Crippen MR) is 109 cm³/mol. The summed E-state index contributed by atoms with van der Waals surface area (Å²) < 4.78 is 0. The van der Waals surface area contributed by atoms with Gasteiger partial charge < -0.3 is 0 Å². The Morgan fingerprint density at radius 3 is 1.96 bits per heavy atom. The summed E-state index contributed by atoms with van der Waals surface area (Å²) >= 11 is 0. The highest BCUT2D eigenvalue weighted by Crippen LogP contribution is 2.31. The molecule has 1 rings (SSSR count). The first-order valence-corrected chi connectivity index (χ1v) is 10.5. The van der Waals surface area contributed by atoms with Crippen LogP contribution in [-0.4, -0.2) is 0 Å². The Hall–Kier alpha value is -0.780. The standard InChI is InChI=1S/C24H41/c1-5-6-7-8-9-10-11-13-18-24(20-22(4)19-21(2)3)23-16-14-12-15-17-23/h12,14-17,21-22,24H,2,5-11,13,18-20H2,1,3-4H3. The molecule has 0 N–H and O–H groups in total. The average Bonchev–Trinajstić information content (AvgIpc) is 2.56. The van der Waals surface area contributed by atoms with E-state index in [1.54, 1.807) is 5.56 Å². The Labute approximate surface area is 152 Å². The summed E-state index contributed by atoms with van der Waals surface area (Å²) in [5, 5.41) is 0. The summed E-state index contributed by atoms with van der Waals surface area (Å²) in [6.45, 7) is 11.1. The molecule has 1 radical (unpaired) electrons.